The molecule has 2 aromatic rings. The molecule has 4 nitrogen and oxygen atoms in total. The number of imidazole rings is 1. The van der Waals surface area contributed by atoms with Gasteiger partial charge in [0, 0.05) is 36.4 Å². The van der Waals surface area contributed by atoms with Crippen molar-refractivity contribution in [3.05, 3.63) is 51.5 Å². The van der Waals surface area contributed by atoms with E-state index in [2.05, 4.69) is 26.3 Å². The number of aromatic nitrogens is 2. The van der Waals surface area contributed by atoms with Crippen LogP contribution < -0.4 is 11.3 Å². The first kappa shape index (κ1) is 14.5. The van der Waals surface area contributed by atoms with Crippen molar-refractivity contribution in [3.63, 3.8) is 0 Å². The third-order valence-corrected chi connectivity index (χ3v) is 4.36. The smallest absolute Gasteiger partial charge is 0.108 e. The number of benzene rings is 1. The standard InChI is InChI=1S/C13H16BrClN4/c1-19-7-6-17-13(19)5-4-12(18-16)9-2-3-10(14)11(15)8-9/h2-3,6-8,12,18H,4-5,16H2,1H3. The van der Waals surface area contributed by atoms with Crippen molar-refractivity contribution in [2.75, 3.05) is 0 Å². The molecule has 0 fully saturated rings. The lowest BCUT2D eigenvalue weighted by Gasteiger charge is -2.16. The molecule has 1 atom stereocenters. The second kappa shape index (κ2) is 6.52. The summed E-state index contributed by atoms with van der Waals surface area (Å²) < 4.78 is 2.90. The zero-order chi connectivity index (χ0) is 13.8. The highest BCUT2D eigenvalue weighted by molar-refractivity contribution is 9.10. The lowest BCUT2D eigenvalue weighted by atomic mass is 10.0. The number of hydrogen-bond acceptors (Lipinski definition) is 3. The average molecular weight is 344 g/mol. The topological polar surface area (TPSA) is 55.9 Å². The van der Waals surface area contributed by atoms with E-state index in [9.17, 15) is 0 Å². The van der Waals surface area contributed by atoms with Crippen LogP contribution in [0.1, 0.15) is 23.9 Å². The summed E-state index contributed by atoms with van der Waals surface area (Å²) in [6.07, 6.45) is 5.46. The number of rotatable bonds is 5. The van der Waals surface area contributed by atoms with E-state index in [0.717, 1.165) is 28.7 Å². The van der Waals surface area contributed by atoms with Gasteiger partial charge >= 0.3 is 0 Å². The Kier molecular flexibility index (Phi) is 4.99. The van der Waals surface area contributed by atoms with Gasteiger partial charge in [-0.05, 0) is 40.0 Å². The van der Waals surface area contributed by atoms with Gasteiger partial charge < -0.3 is 4.57 Å². The van der Waals surface area contributed by atoms with Crippen LogP contribution in [0.15, 0.2) is 35.1 Å². The Labute approximate surface area is 126 Å². The number of hydrazine groups is 1. The highest BCUT2D eigenvalue weighted by atomic mass is 79.9. The number of halogens is 2. The van der Waals surface area contributed by atoms with Gasteiger partial charge in [0.25, 0.3) is 0 Å². The van der Waals surface area contributed by atoms with E-state index in [-0.39, 0.29) is 6.04 Å². The van der Waals surface area contributed by atoms with E-state index in [1.807, 2.05) is 36.0 Å². The summed E-state index contributed by atoms with van der Waals surface area (Å²) >= 11 is 9.49. The first-order valence-corrected chi connectivity index (χ1v) is 7.16. The predicted octanol–water partition coefficient (Wildman–Crippen LogP) is 2.97. The number of aryl methyl sites for hydroxylation is 2. The van der Waals surface area contributed by atoms with Crippen LogP contribution in [-0.2, 0) is 13.5 Å². The normalized spacial score (nSPS) is 12.6. The zero-order valence-electron chi connectivity index (χ0n) is 10.6. The summed E-state index contributed by atoms with van der Waals surface area (Å²) in [6, 6.07) is 5.93. The average Bonchev–Trinajstić information content (AvgIpc) is 2.80. The van der Waals surface area contributed by atoms with Crippen LogP contribution >= 0.6 is 27.5 Å². The van der Waals surface area contributed by atoms with Crippen molar-refractivity contribution in [2.45, 2.75) is 18.9 Å². The minimum atomic E-state index is 0.0577. The molecule has 0 bridgehead atoms. The Hall–Kier alpha value is -0.880. The minimum Gasteiger partial charge on any atom is -0.338 e. The van der Waals surface area contributed by atoms with Gasteiger partial charge in [0.1, 0.15) is 5.82 Å². The Morgan fingerprint density at radius 3 is 2.89 bits per heavy atom. The van der Waals surface area contributed by atoms with Gasteiger partial charge in [0.15, 0.2) is 0 Å². The highest BCUT2D eigenvalue weighted by Gasteiger charge is 2.12. The summed E-state index contributed by atoms with van der Waals surface area (Å²) in [4.78, 5) is 4.31. The van der Waals surface area contributed by atoms with Crippen LogP contribution in [0.4, 0.5) is 0 Å². The van der Waals surface area contributed by atoms with Gasteiger partial charge in [0.2, 0.25) is 0 Å². The second-order valence-electron chi connectivity index (χ2n) is 4.39. The van der Waals surface area contributed by atoms with Crippen LogP contribution in [0, 0.1) is 0 Å². The van der Waals surface area contributed by atoms with Crippen molar-refractivity contribution in [3.8, 4) is 0 Å². The molecule has 0 saturated heterocycles. The molecule has 2 rings (SSSR count). The van der Waals surface area contributed by atoms with Crippen molar-refractivity contribution in [1.82, 2.24) is 15.0 Å². The number of hydrogen-bond donors (Lipinski definition) is 2. The fourth-order valence-electron chi connectivity index (χ4n) is 1.99. The van der Waals surface area contributed by atoms with Gasteiger partial charge in [0.05, 0.1) is 5.02 Å². The van der Waals surface area contributed by atoms with E-state index in [1.165, 1.54) is 0 Å². The minimum absolute atomic E-state index is 0.0577. The molecule has 0 aliphatic heterocycles. The molecule has 3 N–H and O–H groups in total. The summed E-state index contributed by atoms with van der Waals surface area (Å²) in [5.41, 5.74) is 3.91. The molecule has 0 amide bonds. The molecule has 0 radical (unpaired) electrons. The largest absolute Gasteiger partial charge is 0.338 e. The maximum absolute atomic E-state index is 6.11. The molecule has 1 unspecified atom stereocenters. The van der Waals surface area contributed by atoms with E-state index in [1.54, 1.807) is 6.20 Å². The van der Waals surface area contributed by atoms with Crippen LogP contribution in [-0.4, -0.2) is 9.55 Å². The molecule has 0 aliphatic rings. The molecule has 6 heteroatoms. The molecule has 1 heterocycles. The number of nitrogens with zero attached hydrogens (tertiary/aromatic N) is 2. The molecular weight excluding hydrogens is 328 g/mol. The lowest BCUT2D eigenvalue weighted by molar-refractivity contribution is 0.506. The van der Waals surface area contributed by atoms with E-state index in [0.29, 0.717) is 5.02 Å². The Morgan fingerprint density at radius 2 is 2.32 bits per heavy atom. The van der Waals surface area contributed by atoms with Crippen molar-refractivity contribution in [1.29, 1.82) is 0 Å². The summed E-state index contributed by atoms with van der Waals surface area (Å²) in [6.45, 7) is 0. The Morgan fingerprint density at radius 1 is 1.53 bits per heavy atom. The molecule has 102 valence electrons. The van der Waals surface area contributed by atoms with Gasteiger partial charge in [-0.3, -0.25) is 11.3 Å². The zero-order valence-corrected chi connectivity index (χ0v) is 12.9. The second-order valence-corrected chi connectivity index (χ2v) is 5.65. The molecule has 0 saturated carbocycles. The van der Waals surface area contributed by atoms with Crippen molar-refractivity contribution >= 4 is 27.5 Å². The summed E-state index contributed by atoms with van der Waals surface area (Å²) in [5.74, 6) is 6.68. The van der Waals surface area contributed by atoms with E-state index in [4.69, 9.17) is 17.4 Å². The summed E-state index contributed by atoms with van der Waals surface area (Å²) in [7, 11) is 1.99. The number of nitrogens with one attached hydrogen (secondary N) is 1. The fourth-order valence-corrected chi connectivity index (χ4v) is 2.42. The first-order chi connectivity index (χ1) is 9.11. The molecule has 1 aromatic heterocycles. The SMILES string of the molecule is Cn1ccnc1CCC(NN)c1ccc(Br)c(Cl)c1. The molecule has 19 heavy (non-hydrogen) atoms. The Balaban J connectivity index is 2.07. The van der Waals surface area contributed by atoms with Gasteiger partial charge in [-0.2, -0.15) is 0 Å². The van der Waals surface area contributed by atoms with Crippen LogP contribution in [0.5, 0.6) is 0 Å². The quantitative estimate of drug-likeness (QED) is 0.648. The Bertz CT molecular complexity index is 555. The molecule has 0 aliphatic carbocycles. The van der Waals surface area contributed by atoms with Gasteiger partial charge in [-0.1, -0.05) is 17.7 Å². The van der Waals surface area contributed by atoms with Crippen LogP contribution in [0.25, 0.3) is 0 Å². The van der Waals surface area contributed by atoms with Crippen LogP contribution in [0.3, 0.4) is 0 Å². The maximum atomic E-state index is 6.11. The lowest BCUT2D eigenvalue weighted by Crippen LogP contribution is -2.28. The molecule has 1 aromatic carbocycles. The van der Waals surface area contributed by atoms with Crippen LogP contribution in [0.2, 0.25) is 5.02 Å². The highest BCUT2D eigenvalue weighted by Crippen LogP contribution is 2.27. The molecule has 0 spiro atoms. The third-order valence-electron chi connectivity index (χ3n) is 3.12. The molecular formula is C13H16BrClN4. The van der Waals surface area contributed by atoms with Crippen molar-refractivity contribution < 1.29 is 0 Å². The third kappa shape index (κ3) is 3.57. The monoisotopic (exact) mass is 342 g/mol. The van der Waals surface area contributed by atoms with Crippen molar-refractivity contribution in [2.24, 2.45) is 12.9 Å². The first-order valence-electron chi connectivity index (χ1n) is 5.99. The number of nitrogens with two attached hydrogens (primary N) is 1. The van der Waals surface area contributed by atoms with Gasteiger partial charge in [-0.15, -0.1) is 0 Å². The maximum Gasteiger partial charge on any atom is 0.108 e. The predicted molar refractivity (Wildman–Crippen MR) is 80.7 cm³/mol. The van der Waals surface area contributed by atoms with Gasteiger partial charge in [-0.25, -0.2) is 4.98 Å². The van der Waals surface area contributed by atoms with E-state index < -0.39 is 0 Å². The fraction of sp³-hybridized carbons (Fsp3) is 0.308. The van der Waals surface area contributed by atoms with E-state index >= 15 is 0 Å². The summed E-state index contributed by atoms with van der Waals surface area (Å²) in [5, 5.41) is 0.690.